The predicted octanol–water partition coefficient (Wildman–Crippen LogP) is 6.01. The highest BCUT2D eigenvalue weighted by Gasteiger charge is 2.30. The van der Waals surface area contributed by atoms with Crippen LogP contribution < -0.4 is 4.74 Å². The van der Waals surface area contributed by atoms with E-state index in [1.54, 1.807) is 70.2 Å². The maximum absolute atomic E-state index is 12.8. The van der Waals surface area contributed by atoms with Gasteiger partial charge in [0.1, 0.15) is 15.7 Å². The Kier molecular flexibility index (Phi) is 8.42. The number of hydrogen-bond acceptors (Lipinski definition) is 5. The van der Waals surface area contributed by atoms with Gasteiger partial charge in [0.2, 0.25) is 0 Å². The first-order chi connectivity index (χ1) is 14.5. The van der Waals surface area contributed by atoms with Crippen LogP contribution >= 0.6 is 11.6 Å². The molecule has 0 aromatic heterocycles. The second-order valence-corrected chi connectivity index (χ2v) is 9.90. The van der Waals surface area contributed by atoms with E-state index >= 15 is 0 Å². The normalized spacial score (nSPS) is 13.1. The first kappa shape index (κ1) is 24.6. The number of rotatable bonds is 5. The molecule has 0 aliphatic carbocycles. The summed E-state index contributed by atoms with van der Waals surface area (Å²) in [5.74, 6) is 0.275. The molecule has 0 fully saturated rings. The quantitative estimate of drug-likeness (QED) is 0.543. The first-order valence-electron chi connectivity index (χ1n) is 9.59. The van der Waals surface area contributed by atoms with Crippen LogP contribution in [0.2, 0.25) is 0 Å². The van der Waals surface area contributed by atoms with Gasteiger partial charge in [0.05, 0.1) is 17.3 Å². The van der Waals surface area contributed by atoms with Crippen molar-refractivity contribution in [2.45, 2.75) is 45.1 Å². The molecule has 0 saturated heterocycles. The molecule has 0 spiro atoms. The largest absolute Gasteiger partial charge is 0.443 e. The summed E-state index contributed by atoms with van der Waals surface area (Å²) in [6.45, 7) is 8.35. The fourth-order valence-electron chi connectivity index (χ4n) is 2.39. The van der Waals surface area contributed by atoms with Crippen molar-refractivity contribution in [1.82, 2.24) is 4.90 Å². The third kappa shape index (κ3) is 7.52. The van der Waals surface area contributed by atoms with Gasteiger partial charge in [-0.15, -0.1) is 0 Å². The number of imide groups is 1. The van der Waals surface area contributed by atoms with Crippen LogP contribution in [-0.4, -0.2) is 33.4 Å². The van der Waals surface area contributed by atoms with Crippen LogP contribution in [0.1, 0.15) is 33.3 Å². The first-order valence-corrected chi connectivity index (χ1v) is 11.1. The average molecular weight is 464 g/mol. The Labute approximate surface area is 190 Å². The molecule has 2 aromatic rings. The zero-order valence-corrected chi connectivity index (χ0v) is 19.8. The van der Waals surface area contributed by atoms with E-state index in [4.69, 9.17) is 21.1 Å². The van der Waals surface area contributed by atoms with Crippen LogP contribution in [-0.2, 0) is 15.5 Å². The van der Waals surface area contributed by atoms with Gasteiger partial charge in [-0.25, -0.2) is 18.7 Å². The molecule has 2 rings (SSSR count). The van der Waals surface area contributed by atoms with Gasteiger partial charge in [0.25, 0.3) is 0 Å². The molecular weight excluding hydrogens is 438 g/mol. The molecule has 8 heteroatoms. The lowest BCUT2D eigenvalue weighted by Gasteiger charge is -2.26. The topological polar surface area (TPSA) is 72.9 Å². The van der Waals surface area contributed by atoms with E-state index in [9.17, 15) is 13.8 Å². The molecule has 31 heavy (non-hydrogen) atoms. The minimum Gasteiger partial charge on any atom is -0.443 e. The van der Waals surface area contributed by atoms with E-state index in [0.29, 0.717) is 10.5 Å². The Hall–Kier alpha value is -2.64. The van der Waals surface area contributed by atoms with Crippen molar-refractivity contribution in [3.05, 3.63) is 70.1 Å². The molecule has 166 valence electrons. The summed E-state index contributed by atoms with van der Waals surface area (Å²) < 4.78 is 23.5. The smallest absolute Gasteiger partial charge is 0.425 e. The Morgan fingerprint density at radius 1 is 1.00 bits per heavy atom. The number of benzene rings is 2. The molecule has 0 saturated carbocycles. The summed E-state index contributed by atoms with van der Waals surface area (Å²) in [5, 5.41) is 0. The Morgan fingerprint density at radius 3 is 2.13 bits per heavy atom. The maximum Gasteiger partial charge on any atom is 0.425 e. The predicted molar refractivity (Wildman–Crippen MR) is 122 cm³/mol. The fourth-order valence-corrected chi connectivity index (χ4v) is 3.69. The van der Waals surface area contributed by atoms with Gasteiger partial charge < -0.3 is 9.47 Å². The van der Waals surface area contributed by atoms with Gasteiger partial charge in [-0.3, -0.25) is 0 Å². The van der Waals surface area contributed by atoms with Crippen molar-refractivity contribution in [1.29, 1.82) is 0 Å². The second kappa shape index (κ2) is 10.6. The zero-order chi connectivity index (χ0) is 23.2. The van der Waals surface area contributed by atoms with Crippen LogP contribution in [0.4, 0.5) is 9.59 Å². The fraction of sp³-hybridized carbons (Fsp3) is 0.304. The van der Waals surface area contributed by atoms with Gasteiger partial charge in [0, 0.05) is 4.90 Å². The average Bonchev–Trinajstić information content (AvgIpc) is 2.70. The number of ether oxygens (including phenoxy) is 2. The van der Waals surface area contributed by atoms with Crippen LogP contribution in [0.5, 0.6) is 5.75 Å². The Bertz CT molecular complexity index is 981. The molecule has 0 bridgehead atoms. The Morgan fingerprint density at radius 2 is 1.58 bits per heavy atom. The summed E-state index contributed by atoms with van der Waals surface area (Å²) in [5.41, 5.74) is 0.572. The molecule has 0 heterocycles. The van der Waals surface area contributed by atoms with Crippen molar-refractivity contribution < 1.29 is 23.3 Å². The summed E-state index contributed by atoms with van der Waals surface area (Å²) >= 11 is 6.35. The summed E-state index contributed by atoms with van der Waals surface area (Å²) in [6.07, 6.45) is -1.82. The molecule has 0 radical (unpaired) electrons. The van der Waals surface area contributed by atoms with Crippen molar-refractivity contribution in [3.8, 4) is 5.75 Å². The van der Waals surface area contributed by atoms with Crippen LogP contribution in [0, 0.1) is 6.92 Å². The third-order valence-corrected chi connectivity index (χ3v) is 6.03. The number of nitrogens with zero attached hydrogens (tertiary/aromatic N) is 1. The molecule has 0 aliphatic rings. The monoisotopic (exact) mass is 463 g/mol. The molecular formula is C23H26ClNO5S. The molecule has 1 unspecified atom stereocenters. The van der Waals surface area contributed by atoms with Crippen molar-refractivity contribution >= 4 is 34.6 Å². The second-order valence-electron chi connectivity index (χ2n) is 7.88. The van der Waals surface area contributed by atoms with Crippen LogP contribution in [0.15, 0.2) is 69.4 Å². The number of amides is 2. The van der Waals surface area contributed by atoms with E-state index in [-0.39, 0.29) is 16.7 Å². The number of aryl methyl sites for hydroxylation is 1. The number of hydrogen-bond donors (Lipinski definition) is 0. The standard InChI is InChI=1S/C23H26ClNO5S/c1-16-11-13-19(14-12-16)31(28)20(24)17(2)15-25(22(27)30-23(3,4)5)21(26)29-18-9-7-6-8-10-18/h6-14H,15H2,1-5H3/b20-17+. The molecule has 6 nitrogen and oxygen atoms in total. The molecule has 0 N–H and O–H groups in total. The SMILES string of the molecule is C/C(CN(C(=O)Oc1ccccc1)C(=O)OC(C)(C)C)=C(/Cl)S(=O)c1ccc(C)cc1. The minimum atomic E-state index is -1.65. The molecule has 2 aromatic carbocycles. The third-order valence-electron chi connectivity index (χ3n) is 3.91. The van der Waals surface area contributed by atoms with E-state index in [1.165, 1.54) is 0 Å². The molecule has 1 atom stereocenters. The van der Waals surface area contributed by atoms with Crippen LogP contribution in [0.25, 0.3) is 0 Å². The lowest BCUT2D eigenvalue weighted by atomic mass is 10.2. The lowest BCUT2D eigenvalue weighted by molar-refractivity contribution is 0.0294. The van der Waals surface area contributed by atoms with E-state index in [0.717, 1.165) is 10.5 Å². The highest BCUT2D eigenvalue weighted by molar-refractivity contribution is 7.90. The molecule has 2 amide bonds. The number of halogens is 1. The van der Waals surface area contributed by atoms with Crippen LogP contribution in [0.3, 0.4) is 0 Å². The molecule has 0 aliphatic heterocycles. The number of carbonyl (C=O) groups excluding carboxylic acids is 2. The Balaban J connectivity index is 2.28. The summed E-state index contributed by atoms with van der Waals surface area (Å²) in [7, 11) is -1.65. The van der Waals surface area contributed by atoms with Crippen molar-refractivity contribution in [2.24, 2.45) is 0 Å². The van der Waals surface area contributed by atoms with E-state index in [1.807, 2.05) is 19.1 Å². The zero-order valence-electron chi connectivity index (χ0n) is 18.2. The minimum absolute atomic E-state index is 0.0323. The van der Waals surface area contributed by atoms with Gasteiger partial charge in [-0.1, -0.05) is 47.5 Å². The summed E-state index contributed by atoms with van der Waals surface area (Å²) in [6, 6.07) is 15.5. The number of para-hydroxylation sites is 1. The van der Waals surface area contributed by atoms with Gasteiger partial charge >= 0.3 is 12.2 Å². The lowest BCUT2D eigenvalue weighted by Crippen LogP contribution is -2.43. The maximum atomic E-state index is 12.8. The van der Waals surface area contributed by atoms with Crippen molar-refractivity contribution in [3.63, 3.8) is 0 Å². The van der Waals surface area contributed by atoms with Gasteiger partial charge in [-0.2, -0.15) is 0 Å². The highest BCUT2D eigenvalue weighted by Crippen LogP contribution is 2.23. The number of carbonyl (C=O) groups is 2. The van der Waals surface area contributed by atoms with Crippen molar-refractivity contribution in [2.75, 3.05) is 6.54 Å². The van der Waals surface area contributed by atoms with Gasteiger partial charge in [0.15, 0.2) is 0 Å². The summed E-state index contributed by atoms with van der Waals surface area (Å²) in [4.78, 5) is 26.7. The van der Waals surface area contributed by atoms with Gasteiger partial charge in [-0.05, 0) is 64.5 Å². The highest BCUT2D eigenvalue weighted by atomic mass is 35.5. The van der Waals surface area contributed by atoms with E-state index < -0.39 is 28.6 Å². The van der Waals surface area contributed by atoms with E-state index in [2.05, 4.69) is 0 Å².